The molecule has 5 N–H and O–H groups in total. The van der Waals surface area contributed by atoms with Crippen molar-refractivity contribution < 1.29 is 41.9 Å². The van der Waals surface area contributed by atoms with Gasteiger partial charge in [-0.1, -0.05) is 6.07 Å². The number of hydrogen-bond donors (Lipinski definition) is 5. The summed E-state index contributed by atoms with van der Waals surface area (Å²) < 4.78 is 54.6. The Kier molecular flexibility index (Phi) is 13.7. The minimum atomic E-state index is -4.51. The van der Waals surface area contributed by atoms with E-state index in [1.165, 1.54) is 25.6 Å². The van der Waals surface area contributed by atoms with Crippen molar-refractivity contribution in [3.05, 3.63) is 60.1 Å². The van der Waals surface area contributed by atoms with Crippen LogP contribution in [0.1, 0.15) is 25.0 Å². The molecule has 2 aromatic carbocycles. The number of aromatic nitrogens is 4. The van der Waals surface area contributed by atoms with E-state index in [9.17, 15) is 18.1 Å². The topological polar surface area (TPSA) is 184 Å². The molecule has 5 rings (SSSR count). The molecule has 1 aliphatic rings. The number of anilines is 3. The summed E-state index contributed by atoms with van der Waals surface area (Å²) >= 11 is 0. The number of fused-ring (bicyclic) bond motifs is 1. The van der Waals surface area contributed by atoms with Crippen molar-refractivity contribution in [1.82, 2.24) is 25.1 Å². The van der Waals surface area contributed by atoms with E-state index in [1.54, 1.807) is 18.2 Å². The highest BCUT2D eigenvalue weighted by molar-refractivity contribution is 7.46. The zero-order valence-electron chi connectivity index (χ0n) is 25.0. The molecular weight excluding hydrogens is 686 g/mol. The summed E-state index contributed by atoms with van der Waals surface area (Å²) in [5, 5.41) is 13.0. The Balaban J connectivity index is 0.00000300. The summed E-state index contributed by atoms with van der Waals surface area (Å²) in [6.07, 6.45) is 3.62. The first kappa shape index (κ1) is 37.8. The molecule has 256 valence electrons. The quantitative estimate of drug-likeness (QED) is 0.0892. The lowest BCUT2D eigenvalue weighted by atomic mass is 10.2. The second kappa shape index (κ2) is 17.0. The Morgan fingerprint density at radius 2 is 1.98 bits per heavy atom. The van der Waals surface area contributed by atoms with Crippen molar-refractivity contribution in [3.8, 4) is 11.5 Å². The Labute approximate surface area is 280 Å². The van der Waals surface area contributed by atoms with Crippen molar-refractivity contribution in [2.45, 2.75) is 31.7 Å². The Hall–Kier alpha value is -3.63. The number of phosphoric acid groups is 1. The zero-order valence-corrected chi connectivity index (χ0v) is 27.5. The number of likely N-dealkylation sites (tertiary alicyclic amines) is 1. The molecule has 47 heavy (non-hydrogen) atoms. The van der Waals surface area contributed by atoms with Crippen LogP contribution in [-0.4, -0.2) is 80.2 Å². The summed E-state index contributed by atoms with van der Waals surface area (Å²) in [7, 11) is -2.99. The number of hydrogen-bond acceptors (Lipinski definition) is 10. The standard InChI is InChI=1S/C28H32F2N7O7P.2ClH/c1-42-23-13-19-22(14-24(23)43-10-4-9-37-8-3-5-18(37)15-44-45(39,40)41)31-16-32-28(19)34-25-11-17(35-36-25)12-26(38)33-21-7-2-6-20(29)27(21)30;;/h2,6-7,11,13-14,16,18H,3-5,8-10,12,15H2,1H3,(H,33,38)(H2,39,40,41)(H2,31,32,34,35,36);2*1H/t18-;;/m1../s1. The maximum Gasteiger partial charge on any atom is 0.469 e. The van der Waals surface area contributed by atoms with Gasteiger partial charge in [-0.2, -0.15) is 5.10 Å². The third-order valence-corrected chi connectivity index (χ3v) is 7.64. The fraction of sp³-hybridized carbons (Fsp3) is 0.357. The molecule has 0 unspecified atom stereocenters. The lowest BCUT2D eigenvalue weighted by Gasteiger charge is -2.24. The number of methoxy groups -OCH3 is 1. The second-order valence-electron chi connectivity index (χ2n) is 10.3. The van der Waals surface area contributed by atoms with Gasteiger partial charge in [0.2, 0.25) is 5.91 Å². The molecule has 1 amide bonds. The average molecular weight is 720 g/mol. The molecule has 4 aromatic rings. The molecule has 0 bridgehead atoms. The molecule has 0 saturated carbocycles. The molecule has 14 nitrogen and oxygen atoms in total. The van der Waals surface area contributed by atoms with E-state index >= 15 is 0 Å². The summed E-state index contributed by atoms with van der Waals surface area (Å²) in [5.74, 6) is -1.03. The molecule has 0 spiro atoms. The number of aromatic amines is 1. The van der Waals surface area contributed by atoms with Crippen molar-refractivity contribution in [1.29, 1.82) is 0 Å². The number of amides is 1. The Morgan fingerprint density at radius 3 is 2.74 bits per heavy atom. The summed E-state index contributed by atoms with van der Waals surface area (Å²) in [4.78, 5) is 41.2. The number of H-pyrrole nitrogens is 1. The van der Waals surface area contributed by atoms with Crippen LogP contribution >= 0.6 is 32.6 Å². The molecule has 0 aliphatic carbocycles. The minimum absolute atomic E-state index is 0. The molecule has 1 saturated heterocycles. The van der Waals surface area contributed by atoms with Crippen LogP contribution in [0.3, 0.4) is 0 Å². The molecule has 0 radical (unpaired) electrons. The maximum absolute atomic E-state index is 13.9. The van der Waals surface area contributed by atoms with E-state index in [2.05, 4.69) is 35.7 Å². The molecule has 1 fully saturated rings. The lowest BCUT2D eigenvalue weighted by molar-refractivity contribution is -0.115. The number of carbonyl (C=O) groups excluding carboxylic acids is 1. The van der Waals surface area contributed by atoms with Gasteiger partial charge in [-0.3, -0.25) is 19.3 Å². The van der Waals surface area contributed by atoms with Crippen molar-refractivity contribution in [3.63, 3.8) is 0 Å². The van der Waals surface area contributed by atoms with Crippen LogP contribution in [0.5, 0.6) is 11.5 Å². The summed E-state index contributed by atoms with van der Waals surface area (Å²) in [6.45, 7) is 1.85. The van der Waals surface area contributed by atoms with E-state index in [-0.39, 0.29) is 49.6 Å². The van der Waals surface area contributed by atoms with Crippen LogP contribution in [-0.2, 0) is 20.3 Å². The number of halogens is 4. The van der Waals surface area contributed by atoms with Gasteiger partial charge in [-0.05, 0) is 44.0 Å². The van der Waals surface area contributed by atoms with Gasteiger partial charge >= 0.3 is 7.82 Å². The largest absolute Gasteiger partial charge is 0.493 e. The van der Waals surface area contributed by atoms with Crippen LogP contribution in [0.15, 0.2) is 42.7 Å². The van der Waals surface area contributed by atoms with E-state index in [1.807, 2.05) is 0 Å². The highest BCUT2D eigenvalue weighted by Crippen LogP contribution is 2.37. The number of rotatable bonds is 14. The monoisotopic (exact) mass is 719 g/mol. The van der Waals surface area contributed by atoms with Crippen LogP contribution in [0, 0.1) is 11.6 Å². The molecule has 2 aromatic heterocycles. The fourth-order valence-corrected chi connectivity index (χ4v) is 5.42. The van der Waals surface area contributed by atoms with Gasteiger partial charge in [0.1, 0.15) is 12.1 Å². The number of phosphoric ester groups is 1. The Bertz CT molecular complexity index is 1720. The predicted octanol–water partition coefficient (Wildman–Crippen LogP) is 4.75. The van der Waals surface area contributed by atoms with E-state index in [0.717, 1.165) is 25.5 Å². The van der Waals surface area contributed by atoms with Crippen molar-refractivity contribution in [2.75, 3.05) is 44.0 Å². The first-order valence-electron chi connectivity index (χ1n) is 14.0. The fourth-order valence-electron chi connectivity index (χ4n) is 5.05. The minimum Gasteiger partial charge on any atom is -0.493 e. The number of ether oxygens (including phenoxy) is 2. The van der Waals surface area contributed by atoms with Crippen LogP contribution < -0.4 is 20.1 Å². The normalized spacial score (nSPS) is 14.7. The van der Waals surface area contributed by atoms with Crippen LogP contribution in [0.25, 0.3) is 10.9 Å². The number of nitrogens with one attached hydrogen (secondary N) is 3. The maximum atomic E-state index is 13.9. The van der Waals surface area contributed by atoms with E-state index in [4.69, 9.17) is 23.8 Å². The van der Waals surface area contributed by atoms with Gasteiger partial charge in [-0.25, -0.2) is 23.3 Å². The molecule has 19 heteroatoms. The van der Waals surface area contributed by atoms with Gasteiger partial charge < -0.3 is 29.9 Å². The molecular formula is C28H34Cl2F2N7O7P. The Morgan fingerprint density at radius 1 is 1.17 bits per heavy atom. The highest BCUT2D eigenvalue weighted by Gasteiger charge is 2.27. The van der Waals surface area contributed by atoms with Crippen LogP contribution in [0.2, 0.25) is 0 Å². The number of benzene rings is 2. The van der Waals surface area contributed by atoms with Gasteiger partial charge in [0.25, 0.3) is 0 Å². The molecule has 1 atom stereocenters. The average Bonchev–Trinajstić information content (AvgIpc) is 3.65. The lowest BCUT2D eigenvalue weighted by Crippen LogP contribution is -2.34. The van der Waals surface area contributed by atoms with Crippen LogP contribution in [0.4, 0.5) is 26.1 Å². The van der Waals surface area contributed by atoms with Crippen molar-refractivity contribution in [2.24, 2.45) is 0 Å². The molecule has 1 aliphatic heterocycles. The van der Waals surface area contributed by atoms with Gasteiger partial charge in [0.05, 0.1) is 37.9 Å². The third kappa shape index (κ3) is 10.2. The summed E-state index contributed by atoms with van der Waals surface area (Å²) in [6, 6.07) is 8.53. The highest BCUT2D eigenvalue weighted by atomic mass is 35.5. The second-order valence-corrected chi connectivity index (χ2v) is 11.5. The first-order valence-corrected chi connectivity index (χ1v) is 15.6. The van der Waals surface area contributed by atoms with E-state index in [0.29, 0.717) is 59.3 Å². The van der Waals surface area contributed by atoms with Gasteiger partial charge in [0, 0.05) is 35.8 Å². The third-order valence-electron chi connectivity index (χ3n) is 7.16. The first-order chi connectivity index (χ1) is 21.6. The van der Waals surface area contributed by atoms with Crippen molar-refractivity contribution >= 4 is 66.8 Å². The summed E-state index contributed by atoms with van der Waals surface area (Å²) in [5.41, 5.74) is 0.742. The van der Waals surface area contributed by atoms with Gasteiger partial charge in [0.15, 0.2) is 29.0 Å². The smallest absolute Gasteiger partial charge is 0.469 e. The zero-order chi connectivity index (χ0) is 32.0. The molecule has 3 heterocycles. The number of carbonyl (C=O) groups is 1. The SMILES string of the molecule is COc1cc2c(Nc3cc(CC(=O)Nc4cccc(F)c4F)[nH]n3)ncnc2cc1OCCCN1CCC[C@@H]1COP(=O)(O)O.Cl.Cl. The van der Waals surface area contributed by atoms with Gasteiger partial charge in [-0.15, -0.1) is 24.8 Å². The van der Waals surface area contributed by atoms with E-state index < -0.39 is 25.4 Å². The number of nitrogens with zero attached hydrogens (tertiary/aromatic N) is 4. The predicted molar refractivity (Wildman–Crippen MR) is 174 cm³/mol.